The second-order valence-corrected chi connectivity index (χ2v) is 5.59. The van der Waals surface area contributed by atoms with E-state index in [0.717, 1.165) is 18.7 Å². The molecule has 2 N–H and O–H groups in total. The monoisotopic (exact) mass is 336 g/mol. The minimum absolute atomic E-state index is 0.227. The molecule has 0 radical (unpaired) electrons. The lowest BCUT2D eigenvalue weighted by Gasteiger charge is -2.22. The van der Waals surface area contributed by atoms with Crippen LogP contribution in [0.4, 0.5) is 4.39 Å². The molecule has 2 aromatic carbocycles. The molecule has 0 aliphatic carbocycles. The van der Waals surface area contributed by atoms with E-state index in [0.29, 0.717) is 17.6 Å². The third-order valence-corrected chi connectivity index (χ3v) is 3.73. The van der Waals surface area contributed by atoms with Crippen molar-refractivity contribution in [1.29, 1.82) is 0 Å². The maximum Gasteiger partial charge on any atom is 0.137 e. The van der Waals surface area contributed by atoms with Crippen molar-refractivity contribution < 1.29 is 4.39 Å². The quantitative estimate of drug-likeness (QED) is 0.874. The summed E-state index contributed by atoms with van der Waals surface area (Å²) in [6, 6.07) is 15.5. The summed E-state index contributed by atoms with van der Waals surface area (Å²) in [6.45, 7) is 2.88. The fourth-order valence-electron chi connectivity index (χ4n) is 2.13. The smallest absolute Gasteiger partial charge is 0.137 e. The standard InChI is InChI=1S/C16H18BrFN2/c17-15-7-6-14(10-16(15)18)12-20(9-8-19)11-13-4-2-1-3-5-13/h1-7,10H,8-9,11-12,19H2. The number of hydrogen-bond donors (Lipinski definition) is 1. The van der Waals surface area contributed by atoms with Gasteiger partial charge in [-0.2, -0.15) is 0 Å². The first kappa shape index (κ1) is 15.2. The second kappa shape index (κ2) is 7.53. The SMILES string of the molecule is NCCN(Cc1ccccc1)Cc1ccc(Br)c(F)c1. The fraction of sp³-hybridized carbons (Fsp3) is 0.250. The van der Waals surface area contributed by atoms with Crippen LogP contribution < -0.4 is 5.73 Å². The maximum atomic E-state index is 13.6. The maximum absolute atomic E-state index is 13.6. The minimum Gasteiger partial charge on any atom is -0.329 e. The van der Waals surface area contributed by atoms with Gasteiger partial charge in [0.05, 0.1) is 4.47 Å². The Morgan fingerprint density at radius 1 is 1.00 bits per heavy atom. The van der Waals surface area contributed by atoms with Crippen LogP contribution in [0.1, 0.15) is 11.1 Å². The highest BCUT2D eigenvalue weighted by Gasteiger charge is 2.08. The van der Waals surface area contributed by atoms with Crippen molar-refractivity contribution in [1.82, 2.24) is 4.90 Å². The van der Waals surface area contributed by atoms with Gasteiger partial charge in [0, 0.05) is 26.2 Å². The lowest BCUT2D eigenvalue weighted by atomic mass is 10.1. The third-order valence-electron chi connectivity index (χ3n) is 3.08. The first-order valence-electron chi connectivity index (χ1n) is 6.59. The van der Waals surface area contributed by atoms with Crippen LogP contribution in [0.5, 0.6) is 0 Å². The molecule has 20 heavy (non-hydrogen) atoms. The van der Waals surface area contributed by atoms with Gasteiger partial charge >= 0.3 is 0 Å². The number of nitrogens with two attached hydrogens (primary N) is 1. The Morgan fingerprint density at radius 2 is 1.70 bits per heavy atom. The highest BCUT2D eigenvalue weighted by atomic mass is 79.9. The normalized spacial score (nSPS) is 11.0. The topological polar surface area (TPSA) is 29.3 Å². The molecular formula is C16H18BrFN2. The highest BCUT2D eigenvalue weighted by Crippen LogP contribution is 2.18. The molecule has 0 aliphatic heterocycles. The molecule has 0 bridgehead atoms. The van der Waals surface area contributed by atoms with Crippen molar-refractivity contribution in [3.05, 3.63) is 69.9 Å². The molecule has 0 amide bonds. The van der Waals surface area contributed by atoms with E-state index in [9.17, 15) is 4.39 Å². The van der Waals surface area contributed by atoms with Crippen molar-refractivity contribution in [3.8, 4) is 0 Å². The largest absolute Gasteiger partial charge is 0.329 e. The Hall–Kier alpha value is -1.23. The first-order valence-corrected chi connectivity index (χ1v) is 7.38. The zero-order valence-corrected chi connectivity index (χ0v) is 12.8. The Morgan fingerprint density at radius 3 is 2.35 bits per heavy atom. The fourth-order valence-corrected chi connectivity index (χ4v) is 2.38. The van der Waals surface area contributed by atoms with Crippen LogP contribution in [0, 0.1) is 5.82 Å². The zero-order valence-electron chi connectivity index (χ0n) is 11.2. The van der Waals surface area contributed by atoms with Crippen LogP contribution in [-0.2, 0) is 13.1 Å². The lowest BCUT2D eigenvalue weighted by molar-refractivity contribution is 0.264. The summed E-state index contributed by atoms with van der Waals surface area (Å²) in [5, 5.41) is 0. The van der Waals surface area contributed by atoms with Gasteiger partial charge in [-0.1, -0.05) is 36.4 Å². The van der Waals surface area contributed by atoms with Gasteiger partial charge in [0.25, 0.3) is 0 Å². The number of rotatable bonds is 6. The summed E-state index contributed by atoms with van der Waals surface area (Å²) in [4.78, 5) is 2.22. The van der Waals surface area contributed by atoms with Gasteiger partial charge in [0.1, 0.15) is 5.82 Å². The second-order valence-electron chi connectivity index (χ2n) is 4.73. The van der Waals surface area contributed by atoms with E-state index in [1.165, 1.54) is 5.56 Å². The molecule has 0 aromatic heterocycles. The molecule has 0 fully saturated rings. The van der Waals surface area contributed by atoms with Gasteiger partial charge in [0.2, 0.25) is 0 Å². The van der Waals surface area contributed by atoms with Crippen LogP contribution in [-0.4, -0.2) is 18.0 Å². The van der Waals surface area contributed by atoms with E-state index in [-0.39, 0.29) is 5.82 Å². The van der Waals surface area contributed by atoms with Crippen molar-refractivity contribution in [2.24, 2.45) is 5.73 Å². The molecule has 0 spiro atoms. The van der Waals surface area contributed by atoms with Gasteiger partial charge in [-0.05, 0) is 39.2 Å². The third kappa shape index (κ3) is 4.40. The zero-order chi connectivity index (χ0) is 14.4. The molecule has 0 saturated carbocycles. The van der Waals surface area contributed by atoms with Crippen LogP contribution >= 0.6 is 15.9 Å². The molecule has 2 rings (SSSR count). The number of nitrogens with zero attached hydrogens (tertiary/aromatic N) is 1. The molecule has 2 aromatic rings. The Labute approximate surface area is 127 Å². The van der Waals surface area contributed by atoms with Crippen LogP contribution in [0.15, 0.2) is 53.0 Å². The van der Waals surface area contributed by atoms with Crippen LogP contribution in [0.2, 0.25) is 0 Å². The predicted molar refractivity (Wildman–Crippen MR) is 83.7 cm³/mol. The molecule has 0 atom stereocenters. The summed E-state index contributed by atoms with van der Waals surface area (Å²) in [6.07, 6.45) is 0. The van der Waals surface area contributed by atoms with E-state index >= 15 is 0 Å². The van der Waals surface area contributed by atoms with E-state index in [1.54, 1.807) is 12.1 Å². The van der Waals surface area contributed by atoms with Gasteiger partial charge in [-0.3, -0.25) is 4.90 Å². The summed E-state index contributed by atoms with van der Waals surface area (Å²) < 4.78 is 14.0. The predicted octanol–water partition coefficient (Wildman–Crippen LogP) is 3.55. The molecule has 0 aliphatic rings. The Kier molecular flexibility index (Phi) is 5.71. The van der Waals surface area contributed by atoms with Crippen molar-refractivity contribution in [2.45, 2.75) is 13.1 Å². The van der Waals surface area contributed by atoms with Crippen LogP contribution in [0.25, 0.3) is 0 Å². The highest BCUT2D eigenvalue weighted by molar-refractivity contribution is 9.10. The average molecular weight is 337 g/mol. The molecule has 0 saturated heterocycles. The van der Waals surface area contributed by atoms with Crippen LogP contribution in [0.3, 0.4) is 0 Å². The van der Waals surface area contributed by atoms with E-state index in [1.807, 2.05) is 24.3 Å². The minimum atomic E-state index is -0.227. The molecule has 0 heterocycles. The molecule has 2 nitrogen and oxygen atoms in total. The van der Waals surface area contributed by atoms with Crippen molar-refractivity contribution in [2.75, 3.05) is 13.1 Å². The molecule has 106 valence electrons. The summed E-state index contributed by atoms with van der Waals surface area (Å²) in [5.74, 6) is -0.227. The Balaban J connectivity index is 2.06. The number of hydrogen-bond acceptors (Lipinski definition) is 2. The van der Waals surface area contributed by atoms with Crippen molar-refractivity contribution >= 4 is 15.9 Å². The van der Waals surface area contributed by atoms with E-state index in [4.69, 9.17) is 5.73 Å². The van der Waals surface area contributed by atoms with E-state index in [2.05, 4.69) is 33.0 Å². The summed E-state index contributed by atoms with van der Waals surface area (Å²) in [7, 11) is 0. The van der Waals surface area contributed by atoms with Gasteiger partial charge < -0.3 is 5.73 Å². The van der Waals surface area contributed by atoms with Gasteiger partial charge in [-0.25, -0.2) is 4.39 Å². The molecule has 4 heteroatoms. The van der Waals surface area contributed by atoms with Crippen molar-refractivity contribution in [3.63, 3.8) is 0 Å². The van der Waals surface area contributed by atoms with E-state index < -0.39 is 0 Å². The number of halogens is 2. The lowest BCUT2D eigenvalue weighted by Crippen LogP contribution is -2.28. The average Bonchev–Trinajstić information content (AvgIpc) is 2.44. The summed E-state index contributed by atoms with van der Waals surface area (Å²) >= 11 is 3.17. The molecule has 0 unspecified atom stereocenters. The van der Waals surface area contributed by atoms with Gasteiger partial charge in [-0.15, -0.1) is 0 Å². The van der Waals surface area contributed by atoms with Gasteiger partial charge in [0.15, 0.2) is 0 Å². The molecular weight excluding hydrogens is 319 g/mol. The first-order chi connectivity index (χ1) is 9.69. The Bertz CT molecular complexity index is 545. The number of benzene rings is 2. The summed E-state index contributed by atoms with van der Waals surface area (Å²) in [5.41, 5.74) is 7.86.